The van der Waals surface area contributed by atoms with Crippen molar-refractivity contribution < 1.29 is 5.11 Å². The summed E-state index contributed by atoms with van der Waals surface area (Å²) in [6.07, 6.45) is 8.85. The number of aliphatic hydroxyl groups excluding tert-OH is 1. The third-order valence-corrected chi connectivity index (χ3v) is 5.34. The first-order valence-corrected chi connectivity index (χ1v) is 9.42. The largest absolute Gasteiger partial charge is 0.396 e. The smallest absolute Gasteiger partial charge is 0.193 e. The minimum atomic E-state index is 0.282. The number of hydrogen-bond acceptors (Lipinski definition) is 2. The lowest BCUT2D eigenvalue weighted by molar-refractivity contribution is 0.253. The van der Waals surface area contributed by atoms with E-state index >= 15 is 0 Å². The molecule has 1 heterocycles. The van der Waals surface area contributed by atoms with Crippen LogP contribution >= 0.6 is 0 Å². The van der Waals surface area contributed by atoms with Crippen molar-refractivity contribution in [3.05, 3.63) is 0 Å². The zero-order valence-corrected chi connectivity index (χ0v) is 14.6. The topological polar surface area (TPSA) is 47.9 Å². The highest BCUT2D eigenvalue weighted by Gasteiger charge is 2.35. The van der Waals surface area contributed by atoms with E-state index in [2.05, 4.69) is 24.1 Å². The van der Waals surface area contributed by atoms with E-state index in [0.717, 1.165) is 43.7 Å². The molecule has 2 fully saturated rings. The van der Waals surface area contributed by atoms with Crippen LogP contribution in [0.3, 0.4) is 0 Å². The molecule has 0 amide bonds. The second-order valence-corrected chi connectivity index (χ2v) is 7.07. The number of nitrogens with one attached hydrogen (secondary N) is 1. The molecule has 0 bridgehead atoms. The van der Waals surface area contributed by atoms with E-state index in [1.165, 1.54) is 45.2 Å². The Morgan fingerprint density at radius 1 is 1.18 bits per heavy atom. The van der Waals surface area contributed by atoms with Gasteiger partial charge in [-0.1, -0.05) is 26.2 Å². The number of rotatable bonds is 7. The van der Waals surface area contributed by atoms with Crippen LogP contribution < -0.4 is 5.32 Å². The lowest BCUT2D eigenvalue weighted by Crippen LogP contribution is -2.40. The van der Waals surface area contributed by atoms with Gasteiger partial charge in [0.2, 0.25) is 0 Å². The molecule has 3 atom stereocenters. The zero-order chi connectivity index (χ0) is 15.8. The number of aliphatic hydroxyl groups is 1. The summed E-state index contributed by atoms with van der Waals surface area (Å²) in [5.41, 5.74) is 0. The molecule has 1 saturated carbocycles. The van der Waals surface area contributed by atoms with Crippen LogP contribution in [-0.4, -0.2) is 48.8 Å². The van der Waals surface area contributed by atoms with Crippen molar-refractivity contribution in [2.24, 2.45) is 22.7 Å². The maximum atomic E-state index is 9.21. The highest BCUT2D eigenvalue weighted by atomic mass is 16.3. The summed E-state index contributed by atoms with van der Waals surface area (Å²) in [7, 11) is 0. The summed E-state index contributed by atoms with van der Waals surface area (Å²) in [6, 6.07) is 0. The number of nitrogens with zero attached hydrogens (tertiary/aromatic N) is 2. The van der Waals surface area contributed by atoms with Gasteiger partial charge in [-0.05, 0) is 50.4 Å². The first kappa shape index (κ1) is 17.6. The van der Waals surface area contributed by atoms with E-state index in [1.54, 1.807) is 0 Å². The van der Waals surface area contributed by atoms with Gasteiger partial charge in [0.15, 0.2) is 5.96 Å². The van der Waals surface area contributed by atoms with Gasteiger partial charge in [0.05, 0.1) is 0 Å². The first-order chi connectivity index (χ1) is 10.8. The minimum Gasteiger partial charge on any atom is -0.396 e. The van der Waals surface area contributed by atoms with Gasteiger partial charge in [-0.3, -0.25) is 4.99 Å². The van der Waals surface area contributed by atoms with Crippen LogP contribution in [0, 0.1) is 17.8 Å². The van der Waals surface area contributed by atoms with Crippen LogP contribution in [0.1, 0.15) is 58.8 Å². The Morgan fingerprint density at radius 3 is 2.41 bits per heavy atom. The lowest BCUT2D eigenvalue weighted by Gasteiger charge is -2.22. The molecule has 4 heteroatoms. The fourth-order valence-corrected chi connectivity index (χ4v) is 4.14. The first-order valence-electron chi connectivity index (χ1n) is 9.42. The Labute approximate surface area is 136 Å². The van der Waals surface area contributed by atoms with Gasteiger partial charge in [-0.2, -0.15) is 0 Å². The predicted octanol–water partition coefficient (Wildman–Crippen LogP) is 2.87. The van der Waals surface area contributed by atoms with Crippen molar-refractivity contribution in [3.8, 4) is 0 Å². The van der Waals surface area contributed by atoms with E-state index in [-0.39, 0.29) is 6.61 Å². The average Bonchev–Trinajstić information content (AvgIpc) is 2.95. The van der Waals surface area contributed by atoms with Gasteiger partial charge in [-0.25, -0.2) is 0 Å². The molecule has 0 aromatic carbocycles. The molecule has 3 unspecified atom stereocenters. The summed E-state index contributed by atoms with van der Waals surface area (Å²) in [5.74, 6) is 3.41. The molecule has 2 N–H and O–H groups in total. The van der Waals surface area contributed by atoms with Crippen molar-refractivity contribution >= 4 is 5.96 Å². The number of fused-ring (bicyclic) bond motifs is 1. The van der Waals surface area contributed by atoms with Crippen molar-refractivity contribution in [3.63, 3.8) is 0 Å². The van der Waals surface area contributed by atoms with Crippen LogP contribution in [0.5, 0.6) is 0 Å². The third kappa shape index (κ3) is 4.87. The molecule has 2 aliphatic rings. The Bertz CT molecular complexity index is 325. The van der Waals surface area contributed by atoms with E-state index in [9.17, 15) is 5.11 Å². The maximum Gasteiger partial charge on any atom is 0.193 e. The molecule has 0 radical (unpaired) electrons. The van der Waals surface area contributed by atoms with Crippen LogP contribution in [0.2, 0.25) is 0 Å². The fourth-order valence-electron chi connectivity index (χ4n) is 4.14. The molecule has 1 aliphatic carbocycles. The molecular formula is C18H35N3O. The van der Waals surface area contributed by atoms with Crippen molar-refractivity contribution in [1.82, 2.24) is 10.2 Å². The van der Waals surface area contributed by atoms with Crippen molar-refractivity contribution in [2.45, 2.75) is 58.8 Å². The summed E-state index contributed by atoms with van der Waals surface area (Å²) >= 11 is 0. The van der Waals surface area contributed by atoms with E-state index in [4.69, 9.17) is 4.99 Å². The van der Waals surface area contributed by atoms with Gasteiger partial charge in [-0.15, -0.1) is 0 Å². The maximum absolute atomic E-state index is 9.21. The number of guanidine groups is 1. The summed E-state index contributed by atoms with van der Waals surface area (Å²) in [4.78, 5) is 7.40. The molecule has 0 aromatic heterocycles. The molecule has 1 saturated heterocycles. The lowest BCUT2D eigenvalue weighted by atomic mass is 9.82. The summed E-state index contributed by atoms with van der Waals surface area (Å²) in [6.45, 7) is 8.81. The number of hydrogen-bond donors (Lipinski definition) is 2. The summed E-state index contributed by atoms with van der Waals surface area (Å²) < 4.78 is 0. The van der Waals surface area contributed by atoms with Crippen LogP contribution in [-0.2, 0) is 0 Å². The second kappa shape index (κ2) is 9.39. The average molecular weight is 309 g/mol. The standard InChI is InChI=1S/C18H35N3O/c1-3-7-15(10-11-22)12-20-18(19-4-2)21-13-16-8-5-6-9-17(16)14-21/h15-17,22H,3-14H2,1-2H3,(H,19,20). The van der Waals surface area contributed by atoms with Gasteiger partial charge in [0.1, 0.15) is 0 Å². The van der Waals surface area contributed by atoms with Crippen LogP contribution in [0.4, 0.5) is 0 Å². The Balaban J connectivity index is 1.94. The molecule has 4 nitrogen and oxygen atoms in total. The molecule has 22 heavy (non-hydrogen) atoms. The molecule has 0 aromatic rings. The Hall–Kier alpha value is -0.770. The predicted molar refractivity (Wildman–Crippen MR) is 93.1 cm³/mol. The molecule has 1 aliphatic heterocycles. The zero-order valence-electron chi connectivity index (χ0n) is 14.6. The van der Waals surface area contributed by atoms with Gasteiger partial charge in [0, 0.05) is 32.8 Å². The highest BCUT2D eigenvalue weighted by molar-refractivity contribution is 5.80. The molecule has 0 spiro atoms. The Morgan fingerprint density at radius 2 is 1.86 bits per heavy atom. The van der Waals surface area contributed by atoms with Crippen LogP contribution in [0.25, 0.3) is 0 Å². The molecular weight excluding hydrogens is 274 g/mol. The Kier molecular flexibility index (Phi) is 7.50. The summed E-state index contributed by atoms with van der Waals surface area (Å²) in [5, 5.41) is 12.7. The molecule has 128 valence electrons. The normalized spacial score (nSPS) is 26.9. The third-order valence-electron chi connectivity index (χ3n) is 5.34. The highest BCUT2D eigenvalue weighted by Crippen LogP contribution is 2.35. The van der Waals surface area contributed by atoms with E-state index in [0.29, 0.717) is 5.92 Å². The molecule has 2 rings (SSSR count). The fraction of sp³-hybridized carbons (Fsp3) is 0.944. The second-order valence-electron chi connectivity index (χ2n) is 7.07. The number of likely N-dealkylation sites (tertiary alicyclic amines) is 1. The van der Waals surface area contributed by atoms with Gasteiger partial charge in [0.25, 0.3) is 0 Å². The van der Waals surface area contributed by atoms with Crippen LogP contribution in [0.15, 0.2) is 4.99 Å². The van der Waals surface area contributed by atoms with E-state index < -0.39 is 0 Å². The van der Waals surface area contributed by atoms with E-state index in [1.807, 2.05) is 0 Å². The minimum absolute atomic E-state index is 0.282. The van der Waals surface area contributed by atoms with Crippen molar-refractivity contribution in [1.29, 1.82) is 0 Å². The SMILES string of the molecule is CCCC(CCO)CN=C(NCC)N1CC2CCCCC2C1. The quantitative estimate of drug-likeness (QED) is 0.561. The van der Waals surface area contributed by atoms with Gasteiger partial charge < -0.3 is 15.3 Å². The number of aliphatic imine (C=N–C) groups is 1. The monoisotopic (exact) mass is 309 g/mol. The van der Waals surface area contributed by atoms with Crippen molar-refractivity contribution in [2.75, 3.05) is 32.8 Å². The van der Waals surface area contributed by atoms with Gasteiger partial charge >= 0.3 is 0 Å².